The van der Waals surface area contributed by atoms with Crippen LogP contribution in [0, 0.1) is 5.82 Å². The SMILES string of the molecule is COC(=O)c1cccc(NC(=O)Nc2ccc(Cl)cc2F)c1. The second-order valence-electron chi connectivity index (χ2n) is 4.28. The fourth-order valence-corrected chi connectivity index (χ4v) is 1.88. The standard InChI is InChI=1S/C15H12ClFN2O3/c1-22-14(20)9-3-2-4-11(7-9)18-15(21)19-13-6-5-10(16)8-12(13)17/h2-8H,1H3,(H2,18,19,21). The fourth-order valence-electron chi connectivity index (χ4n) is 1.72. The number of rotatable bonds is 3. The molecule has 7 heteroatoms. The number of methoxy groups -OCH3 is 1. The van der Waals surface area contributed by atoms with Crippen LogP contribution in [0.1, 0.15) is 10.4 Å². The molecule has 2 N–H and O–H groups in total. The van der Waals surface area contributed by atoms with Gasteiger partial charge in [0.15, 0.2) is 0 Å². The number of esters is 1. The summed E-state index contributed by atoms with van der Waals surface area (Å²) in [5.74, 6) is -1.17. The Bertz CT molecular complexity index is 722. The van der Waals surface area contributed by atoms with E-state index in [9.17, 15) is 14.0 Å². The number of anilines is 2. The summed E-state index contributed by atoms with van der Waals surface area (Å²) in [5.41, 5.74) is 0.652. The Morgan fingerprint density at radius 1 is 1.14 bits per heavy atom. The van der Waals surface area contributed by atoms with Gasteiger partial charge in [0, 0.05) is 10.7 Å². The van der Waals surface area contributed by atoms with E-state index >= 15 is 0 Å². The van der Waals surface area contributed by atoms with Crippen LogP contribution in [-0.2, 0) is 4.74 Å². The van der Waals surface area contributed by atoms with E-state index in [-0.39, 0.29) is 16.3 Å². The van der Waals surface area contributed by atoms with Crippen molar-refractivity contribution in [2.24, 2.45) is 0 Å². The fraction of sp³-hybridized carbons (Fsp3) is 0.0667. The van der Waals surface area contributed by atoms with Gasteiger partial charge in [0.2, 0.25) is 0 Å². The number of hydrogen-bond acceptors (Lipinski definition) is 3. The summed E-state index contributed by atoms with van der Waals surface area (Å²) < 4.78 is 18.2. The van der Waals surface area contributed by atoms with Gasteiger partial charge in [-0.2, -0.15) is 0 Å². The zero-order valence-electron chi connectivity index (χ0n) is 11.5. The molecule has 0 radical (unpaired) electrons. The number of halogens is 2. The summed E-state index contributed by atoms with van der Waals surface area (Å²) in [4.78, 5) is 23.2. The first-order valence-electron chi connectivity index (χ1n) is 6.21. The zero-order valence-corrected chi connectivity index (χ0v) is 12.3. The Morgan fingerprint density at radius 2 is 1.91 bits per heavy atom. The first kappa shape index (κ1) is 15.8. The first-order chi connectivity index (χ1) is 10.5. The third-order valence-corrected chi connectivity index (χ3v) is 2.96. The van der Waals surface area contributed by atoms with Crippen molar-refractivity contribution in [2.45, 2.75) is 0 Å². The minimum atomic E-state index is -0.650. The van der Waals surface area contributed by atoms with Crippen molar-refractivity contribution < 1.29 is 18.7 Å². The molecule has 0 atom stereocenters. The van der Waals surface area contributed by atoms with Crippen molar-refractivity contribution >= 4 is 35.0 Å². The quantitative estimate of drug-likeness (QED) is 0.842. The first-order valence-corrected chi connectivity index (χ1v) is 6.59. The molecule has 0 saturated carbocycles. The van der Waals surface area contributed by atoms with Crippen molar-refractivity contribution in [3.05, 3.63) is 58.9 Å². The maximum Gasteiger partial charge on any atom is 0.337 e. The largest absolute Gasteiger partial charge is 0.465 e. The van der Waals surface area contributed by atoms with Crippen LogP contribution in [0.4, 0.5) is 20.6 Å². The van der Waals surface area contributed by atoms with Crippen LogP contribution in [0.2, 0.25) is 5.02 Å². The van der Waals surface area contributed by atoms with Gasteiger partial charge >= 0.3 is 12.0 Å². The molecule has 0 bridgehead atoms. The van der Waals surface area contributed by atoms with E-state index in [0.29, 0.717) is 5.69 Å². The number of ether oxygens (including phenoxy) is 1. The number of urea groups is 1. The smallest absolute Gasteiger partial charge is 0.337 e. The molecule has 114 valence electrons. The van der Waals surface area contributed by atoms with E-state index in [1.165, 1.54) is 25.3 Å². The van der Waals surface area contributed by atoms with E-state index in [2.05, 4.69) is 15.4 Å². The normalized spacial score (nSPS) is 9.95. The van der Waals surface area contributed by atoms with Gasteiger partial charge < -0.3 is 15.4 Å². The Kier molecular flexibility index (Phi) is 4.95. The molecule has 2 aromatic rings. The molecular weight excluding hydrogens is 311 g/mol. The van der Waals surface area contributed by atoms with Crippen LogP contribution >= 0.6 is 11.6 Å². The lowest BCUT2D eigenvalue weighted by Crippen LogP contribution is -2.20. The average Bonchev–Trinajstić information content (AvgIpc) is 2.49. The van der Waals surface area contributed by atoms with Crippen LogP contribution in [-0.4, -0.2) is 19.1 Å². The maximum atomic E-state index is 13.6. The highest BCUT2D eigenvalue weighted by atomic mass is 35.5. The molecular formula is C15H12ClFN2O3. The highest BCUT2D eigenvalue weighted by molar-refractivity contribution is 6.30. The third kappa shape index (κ3) is 3.95. The predicted octanol–water partition coefficient (Wildman–Crippen LogP) is 3.91. The molecule has 0 spiro atoms. The van der Waals surface area contributed by atoms with Crippen LogP contribution < -0.4 is 10.6 Å². The van der Waals surface area contributed by atoms with E-state index in [1.54, 1.807) is 18.2 Å². The van der Waals surface area contributed by atoms with Crippen molar-refractivity contribution in [2.75, 3.05) is 17.7 Å². The topological polar surface area (TPSA) is 67.4 Å². The van der Waals surface area contributed by atoms with E-state index in [1.807, 2.05) is 0 Å². The van der Waals surface area contributed by atoms with Gasteiger partial charge in [-0.05, 0) is 36.4 Å². The molecule has 0 aliphatic rings. The Hall–Kier alpha value is -2.60. The molecule has 2 rings (SSSR count). The molecule has 2 amide bonds. The minimum Gasteiger partial charge on any atom is -0.465 e. The summed E-state index contributed by atoms with van der Waals surface area (Å²) in [6.45, 7) is 0. The number of nitrogens with one attached hydrogen (secondary N) is 2. The average molecular weight is 323 g/mol. The molecule has 22 heavy (non-hydrogen) atoms. The molecule has 0 fully saturated rings. The number of carbonyl (C=O) groups is 2. The molecule has 0 unspecified atom stereocenters. The Morgan fingerprint density at radius 3 is 2.59 bits per heavy atom. The van der Waals surface area contributed by atoms with Gasteiger partial charge in [-0.25, -0.2) is 14.0 Å². The second kappa shape index (κ2) is 6.91. The van der Waals surface area contributed by atoms with Crippen LogP contribution in [0.3, 0.4) is 0 Å². The van der Waals surface area contributed by atoms with E-state index in [0.717, 1.165) is 6.07 Å². The third-order valence-electron chi connectivity index (χ3n) is 2.72. The molecule has 0 saturated heterocycles. The molecule has 2 aromatic carbocycles. The van der Waals surface area contributed by atoms with Gasteiger partial charge in [0.25, 0.3) is 0 Å². The van der Waals surface area contributed by atoms with Crippen molar-refractivity contribution in [1.29, 1.82) is 0 Å². The number of amides is 2. The molecule has 5 nitrogen and oxygen atoms in total. The van der Waals surface area contributed by atoms with Gasteiger partial charge in [-0.3, -0.25) is 0 Å². The van der Waals surface area contributed by atoms with Crippen LogP contribution in [0.5, 0.6) is 0 Å². The molecule has 0 heterocycles. The summed E-state index contributed by atoms with van der Waals surface area (Å²) in [6.07, 6.45) is 0. The Labute approximate surface area is 131 Å². The van der Waals surface area contributed by atoms with Crippen molar-refractivity contribution in [3.8, 4) is 0 Å². The van der Waals surface area contributed by atoms with Crippen LogP contribution in [0.15, 0.2) is 42.5 Å². The Balaban J connectivity index is 2.07. The molecule has 0 aromatic heterocycles. The lowest BCUT2D eigenvalue weighted by atomic mass is 10.2. The van der Waals surface area contributed by atoms with Crippen LogP contribution in [0.25, 0.3) is 0 Å². The highest BCUT2D eigenvalue weighted by Crippen LogP contribution is 2.19. The monoisotopic (exact) mass is 322 g/mol. The van der Waals surface area contributed by atoms with Gasteiger partial charge in [0.1, 0.15) is 5.82 Å². The summed E-state index contributed by atoms with van der Waals surface area (Å²) in [6, 6.07) is 9.42. The molecule has 0 aliphatic heterocycles. The molecule has 0 aliphatic carbocycles. The zero-order chi connectivity index (χ0) is 16.1. The van der Waals surface area contributed by atoms with Crippen molar-refractivity contribution in [1.82, 2.24) is 0 Å². The lowest BCUT2D eigenvalue weighted by molar-refractivity contribution is 0.0600. The number of hydrogen-bond donors (Lipinski definition) is 2. The minimum absolute atomic E-state index is 0.00831. The van der Waals surface area contributed by atoms with Gasteiger partial charge in [-0.15, -0.1) is 0 Å². The van der Waals surface area contributed by atoms with E-state index in [4.69, 9.17) is 11.6 Å². The summed E-state index contributed by atoms with van der Waals surface area (Å²) >= 11 is 5.63. The van der Waals surface area contributed by atoms with E-state index < -0.39 is 17.8 Å². The maximum absolute atomic E-state index is 13.6. The summed E-state index contributed by atoms with van der Waals surface area (Å²) in [5, 5.41) is 5.07. The van der Waals surface area contributed by atoms with Gasteiger partial charge in [-0.1, -0.05) is 17.7 Å². The van der Waals surface area contributed by atoms with Gasteiger partial charge in [0.05, 0.1) is 18.4 Å². The second-order valence-corrected chi connectivity index (χ2v) is 4.71. The summed E-state index contributed by atoms with van der Waals surface area (Å²) in [7, 11) is 1.26. The lowest BCUT2D eigenvalue weighted by Gasteiger charge is -2.09. The number of carbonyl (C=O) groups excluding carboxylic acids is 2. The predicted molar refractivity (Wildman–Crippen MR) is 81.8 cm³/mol. The highest BCUT2D eigenvalue weighted by Gasteiger charge is 2.10. The number of benzene rings is 2. The van der Waals surface area contributed by atoms with Crippen molar-refractivity contribution in [3.63, 3.8) is 0 Å².